The number of nitrogens with zero attached hydrogens (tertiary/aromatic N) is 2. The van der Waals surface area contributed by atoms with E-state index in [9.17, 15) is 4.79 Å². The number of hydrogen-bond donors (Lipinski definition) is 1. The van der Waals surface area contributed by atoms with Crippen molar-refractivity contribution in [3.05, 3.63) is 53.9 Å². The molecule has 2 aromatic carbocycles. The molecule has 0 saturated heterocycles. The second kappa shape index (κ2) is 7.59. The molecule has 4 rings (SSSR count). The lowest BCUT2D eigenvalue weighted by Crippen LogP contribution is -2.07. The zero-order valence-corrected chi connectivity index (χ0v) is 15.1. The first-order valence-electron chi connectivity index (χ1n) is 8.70. The molecular formula is C20H18N2O6. The van der Waals surface area contributed by atoms with Crippen molar-refractivity contribution in [3.63, 3.8) is 0 Å². The summed E-state index contributed by atoms with van der Waals surface area (Å²) in [7, 11) is 1.60. The quantitative estimate of drug-likeness (QED) is 0.664. The van der Waals surface area contributed by atoms with E-state index >= 15 is 0 Å². The molecule has 1 aliphatic rings. The number of methoxy groups -OCH3 is 1. The molecule has 0 saturated carbocycles. The van der Waals surface area contributed by atoms with E-state index in [1.54, 1.807) is 19.2 Å². The lowest BCUT2D eigenvalue weighted by atomic mass is 9.98. The molecule has 1 aliphatic heterocycles. The number of aliphatic carboxylic acids is 1. The predicted molar refractivity (Wildman–Crippen MR) is 97.5 cm³/mol. The normalized spacial score (nSPS) is 15.0. The van der Waals surface area contributed by atoms with Crippen molar-refractivity contribution >= 4 is 5.97 Å². The Kier molecular flexibility index (Phi) is 4.84. The summed E-state index contributed by atoms with van der Waals surface area (Å²) in [6, 6.07) is 12.7. The third-order valence-electron chi connectivity index (χ3n) is 4.46. The number of carboxylic acids is 1. The van der Waals surface area contributed by atoms with Crippen LogP contribution in [0, 0.1) is 0 Å². The standard InChI is InChI=1S/C20H18N2O6/c1-25-14-4-2-12(3-5-14)20-21-18(22-28-20)11-26-15-6-7-16-13(8-19(23)24)10-27-17(16)9-15/h2-7,9,13H,8,10-11H2,1H3,(H,23,24). The summed E-state index contributed by atoms with van der Waals surface area (Å²) in [6.07, 6.45) is 0.0458. The fourth-order valence-electron chi connectivity index (χ4n) is 3.04. The topological polar surface area (TPSA) is 104 Å². The molecule has 2 heterocycles. The number of hydrogen-bond acceptors (Lipinski definition) is 7. The Morgan fingerprint density at radius 3 is 2.75 bits per heavy atom. The molecule has 0 spiro atoms. The maximum atomic E-state index is 10.9. The highest BCUT2D eigenvalue weighted by molar-refractivity contribution is 5.68. The van der Waals surface area contributed by atoms with E-state index in [0.717, 1.165) is 16.9 Å². The third-order valence-corrected chi connectivity index (χ3v) is 4.46. The van der Waals surface area contributed by atoms with Gasteiger partial charge in [0.15, 0.2) is 6.61 Å². The fraction of sp³-hybridized carbons (Fsp3) is 0.250. The molecule has 0 radical (unpaired) electrons. The van der Waals surface area contributed by atoms with Crippen molar-refractivity contribution in [1.29, 1.82) is 0 Å². The van der Waals surface area contributed by atoms with Gasteiger partial charge in [-0.25, -0.2) is 0 Å². The molecular weight excluding hydrogens is 364 g/mol. The van der Waals surface area contributed by atoms with Crippen molar-refractivity contribution in [1.82, 2.24) is 10.1 Å². The molecule has 0 amide bonds. The minimum Gasteiger partial charge on any atom is -0.497 e. The second-order valence-corrected chi connectivity index (χ2v) is 6.34. The van der Waals surface area contributed by atoms with E-state index in [0.29, 0.717) is 29.8 Å². The van der Waals surface area contributed by atoms with Crippen LogP contribution in [0.5, 0.6) is 17.2 Å². The van der Waals surface area contributed by atoms with Gasteiger partial charge in [0.1, 0.15) is 17.2 Å². The van der Waals surface area contributed by atoms with Crippen LogP contribution >= 0.6 is 0 Å². The highest BCUT2D eigenvalue weighted by Crippen LogP contribution is 2.38. The van der Waals surface area contributed by atoms with E-state index in [1.165, 1.54) is 0 Å². The number of benzene rings is 2. The summed E-state index contributed by atoms with van der Waals surface area (Å²) < 4.78 is 21.7. The molecule has 28 heavy (non-hydrogen) atoms. The first kappa shape index (κ1) is 17.8. The van der Waals surface area contributed by atoms with Crippen LogP contribution in [0.1, 0.15) is 23.7 Å². The van der Waals surface area contributed by atoms with Crippen molar-refractivity contribution in [3.8, 4) is 28.7 Å². The molecule has 1 atom stereocenters. The molecule has 3 aromatic rings. The average Bonchev–Trinajstić information content (AvgIpc) is 3.33. The first-order chi connectivity index (χ1) is 13.6. The lowest BCUT2D eigenvalue weighted by Gasteiger charge is -2.07. The number of carboxylic acid groups (broad SMARTS) is 1. The van der Waals surface area contributed by atoms with Crippen molar-refractivity contribution in [2.45, 2.75) is 18.9 Å². The van der Waals surface area contributed by atoms with Gasteiger partial charge in [0, 0.05) is 23.1 Å². The maximum Gasteiger partial charge on any atom is 0.304 e. The largest absolute Gasteiger partial charge is 0.497 e. The minimum absolute atomic E-state index is 0.0458. The Morgan fingerprint density at radius 1 is 1.21 bits per heavy atom. The Labute approximate surface area is 160 Å². The third kappa shape index (κ3) is 3.75. The maximum absolute atomic E-state index is 10.9. The average molecular weight is 382 g/mol. The van der Waals surface area contributed by atoms with Gasteiger partial charge in [-0.1, -0.05) is 11.2 Å². The SMILES string of the molecule is COc1ccc(-c2nc(COc3ccc4c(c3)OCC4CC(=O)O)no2)cc1. The minimum atomic E-state index is -0.841. The monoisotopic (exact) mass is 382 g/mol. The fourth-order valence-corrected chi connectivity index (χ4v) is 3.04. The van der Waals surface area contributed by atoms with Gasteiger partial charge in [-0.05, 0) is 30.3 Å². The van der Waals surface area contributed by atoms with Crippen LogP contribution in [0.4, 0.5) is 0 Å². The van der Waals surface area contributed by atoms with Crippen molar-refractivity contribution < 1.29 is 28.6 Å². The van der Waals surface area contributed by atoms with Crippen LogP contribution in [0.25, 0.3) is 11.5 Å². The van der Waals surface area contributed by atoms with E-state index < -0.39 is 5.97 Å². The van der Waals surface area contributed by atoms with Gasteiger partial charge in [0.05, 0.1) is 20.1 Å². The van der Waals surface area contributed by atoms with Gasteiger partial charge in [-0.2, -0.15) is 4.98 Å². The van der Waals surface area contributed by atoms with Gasteiger partial charge in [-0.3, -0.25) is 4.79 Å². The first-order valence-corrected chi connectivity index (χ1v) is 8.70. The summed E-state index contributed by atoms with van der Waals surface area (Å²) in [6.45, 7) is 0.498. The summed E-state index contributed by atoms with van der Waals surface area (Å²) in [5.74, 6) is 1.82. The zero-order valence-electron chi connectivity index (χ0n) is 15.1. The Bertz CT molecular complexity index is 983. The van der Waals surface area contributed by atoms with E-state index in [4.69, 9.17) is 23.8 Å². The van der Waals surface area contributed by atoms with E-state index in [-0.39, 0.29) is 18.9 Å². The van der Waals surface area contributed by atoms with Crippen LogP contribution in [0.3, 0.4) is 0 Å². The van der Waals surface area contributed by atoms with Crippen molar-refractivity contribution in [2.75, 3.05) is 13.7 Å². The molecule has 1 aromatic heterocycles. The van der Waals surface area contributed by atoms with Crippen molar-refractivity contribution in [2.24, 2.45) is 0 Å². The summed E-state index contributed by atoms with van der Waals surface area (Å²) in [5, 5.41) is 12.9. The van der Waals surface area contributed by atoms with Crippen LogP contribution in [0.15, 0.2) is 47.0 Å². The number of fused-ring (bicyclic) bond motifs is 1. The summed E-state index contributed by atoms with van der Waals surface area (Å²) in [5.41, 5.74) is 1.67. The van der Waals surface area contributed by atoms with Gasteiger partial charge < -0.3 is 23.8 Å². The van der Waals surface area contributed by atoms with Crippen LogP contribution in [-0.4, -0.2) is 34.9 Å². The molecule has 0 bridgehead atoms. The molecule has 0 aliphatic carbocycles. The molecule has 8 nitrogen and oxygen atoms in total. The molecule has 0 fully saturated rings. The highest BCUT2D eigenvalue weighted by atomic mass is 16.5. The molecule has 8 heteroatoms. The van der Waals surface area contributed by atoms with Crippen LogP contribution in [0.2, 0.25) is 0 Å². The predicted octanol–water partition coefficient (Wildman–Crippen LogP) is 3.27. The van der Waals surface area contributed by atoms with Gasteiger partial charge in [0.25, 0.3) is 5.89 Å². The zero-order chi connectivity index (χ0) is 19.5. The van der Waals surface area contributed by atoms with E-state index in [1.807, 2.05) is 30.3 Å². The molecule has 1 unspecified atom stereocenters. The smallest absolute Gasteiger partial charge is 0.304 e. The Morgan fingerprint density at radius 2 is 2.00 bits per heavy atom. The molecule has 1 N–H and O–H groups in total. The number of rotatable bonds is 7. The Hall–Kier alpha value is -3.55. The number of ether oxygens (including phenoxy) is 3. The lowest BCUT2D eigenvalue weighted by molar-refractivity contribution is -0.137. The van der Waals surface area contributed by atoms with Crippen LogP contribution in [-0.2, 0) is 11.4 Å². The highest BCUT2D eigenvalue weighted by Gasteiger charge is 2.26. The summed E-state index contributed by atoms with van der Waals surface area (Å²) >= 11 is 0. The van der Waals surface area contributed by atoms with Crippen LogP contribution < -0.4 is 14.2 Å². The Balaban J connectivity index is 1.40. The summed E-state index contributed by atoms with van der Waals surface area (Å²) in [4.78, 5) is 15.2. The van der Waals surface area contributed by atoms with Gasteiger partial charge in [0.2, 0.25) is 5.82 Å². The second-order valence-electron chi connectivity index (χ2n) is 6.34. The van der Waals surface area contributed by atoms with E-state index in [2.05, 4.69) is 10.1 Å². The molecule has 144 valence electrons. The van der Waals surface area contributed by atoms with Gasteiger partial charge >= 0.3 is 5.97 Å². The van der Waals surface area contributed by atoms with Gasteiger partial charge in [-0.15, -0.1) is 0 Å². The number of carbonyl (C=O) groups is 1. The number of aromatic nitrogens is 2.